The summed E-state index contributed by atoms with van der Waals surface area (Å²) >= 11 is 0.999. The van der Waals surface area contributed by atoms with Crippen LogP contribution in [0.3, 0.4) is 0 Å². The molecule has 0 aromatic carbocycles. The van der Waals surface area contributed by atoms with Gasteiger partial charge in [0.2, 0.25) is 0 Å². The molecule has 0 aliphatic carbocycles. The summed E-state index contributed by atoms with van der Waals surface area (Å²) in [6, 6.07) is 0.496. The molecule has 1 aromatic rings. The highest BCUT2D eigenvalue weighted by Crippen LogP contribution is 2.30. The monoisotopic (exact) mass is 505 g/mol. The minimum atomic E-state index is -4.39. The summed E-state index contributed by atoms with van der Waals surface area (Å²) in [6.45, 7) is 11.0. The molecule has 0 amide bonds. The lowest BCUT2D eigenvalue weighted by molar-refractivity contribution is -0.140. The maximum Gasteiger partial charge on any atom is 0.434 e. The van der Waals surface area contributed by atoms with Gasteiger partial charge in [-0.05, 0) is 26.4 Å². The van der Waals surface area contributed by atoms with Crippen molar-refractivity contribution in [3.8, 4) is 0 Å². The molecule has 1 saturated heterocycles. The number of thiazole rings is 1. The normalized spacial score (nSPS) is 18.3. The van der Waals surface area contributed by atoms with Crippen molar-refractivity contribution in [3.63, 3.8) is 0 Å². The molecule has 1 aliphatic rings. The van der Waals surface area contributed by atoms with Crippen molar-refractivity contribution in [1.29, 1.82) is 0 Å². The zero-order chi connectivity index (χ0) is 18.4. The minimum Gasteiger partial charge on any atom is -0.357 e. The van der Waals surface area contributed by atoms with Crippen molar-refractivity contribution in [1.82, 2.24) is 20.1 Å². The van der Waals surface area contributed by atoms with Crippen LogP contribution in [0, 0.1) is 0 Å². The Kier molecular flexibility index (Phi) is 9.59. The van der Waals surface area contributed by atoms with Gasteiger partial charge in [-0.1, -0.05) is 13.8 Å². The predicted octanol–water partition coefficient (Wildman–Crippen LogP) is 3.66. The van der Waals surface area contributed by atoms with Crippen LogP contribution in [0.15, 0.2) is 10.4 Å². The number of rotatable bonds is 6. The van der Waals surface area contributed by atoms with Crippen molar-refractivity contribution in [3.05, 3.63) is 16.1 Å². The van der Waals surface area contributed by atoms with Gasteiger partial charge in [-0.25, -0.2) is 9.98 Å². The Bertz CT molecular complexity index is 574. The van der Waals surface area contributed by atoms with E-state index in [0.29, 0.717) is 11.0 Å². The molecule has 1 fully saturated rings. The first kappa shape index (κ1) is 23.4. The van der Waals surface area contributed by atoms with Gasteiger partial charge < -0.3 is 10.2 Å². The predicted molar refractivity (Wildman–Crippen MR) is 110 cm³/mol. The molecule has 0 radical (unpaired) electrons. The summed E-state index contributed by atoms with van der Waals surface area (Å²) in [6.07, 6.45) is -3.32. The van der Waals surface area contributed by atoms with Crippen molar-refractivity contribution >= 4 is 41.3 Å². The average molecular weight is 505 g/mol. The Hall–Kier alpha value is -0.620. The zero-order valence-electron chi connectivity index (χ0n) is 15.3. The largest absolute Gasteiger partial charge is 0.434 e. The quantitative estimate of drug-likeness (QED) is 0.364. The van der Waals surface area contributed by atoms with Gasteiger partial charge in [0.1, 0.15) is 5.01 Å². The molecule has 0 spiro atoms. The molecule has 1 atom stereocenters. The van der Waals surface area contributed by atoms with Crippen molar-refractivity contribution in [2.75, 3.05) is 32.7 Å². The van der Waals surface area contributed by atoms with Crippen LogP contribution >= 0.6 is 35.3 Å². The first-order chi connectivity index (χ1) is 11.9. The fourth-order valence-electron chi connectivity index (χ4n) is 3.05. The van der Waals surface area contributed by atoms with Gasteiger partial charge in [0.15, 0.2) is 11.7 Å². The first-order valence-electron chi connectivity index (χ1n) is 8.67. The highest BCUT2D eigenvalue weighted by Gasteiger charge is 2.33. The number of alkyl halides is 3. The second-order valence-electron chi connectivity index (χ2n) is 5.90. The molecule has 1 unspecified atom stereocenters. The van der Waals surface area contributed by atoms with Gasteiger partial charge in [0, 0.05) is 31.1 Å². The van der Waals surface area contributed by atoms with Gasteiger partial charge in [0.05, 0.1) is 6.54 Å². The summed E-state index contributed by atoms with van der Waals surface area (Å²) in [5.41, 5.74) is -0.838. The SMILES string of the molecule is CCNC(=NCc1nc(C(F)(F)F)cs1)N1CCC(N(CC)CC)C1.I. The number of halogens is 4. The van der Waals surface area contributed by atoms with E-state index in [4.69, 9.17) is 0 Å². The van der Waals surface area contributed by atoms with E-state index in [1.54, 1.807) is 0 Å². The Labute approximate surface area is 174 Å². The van der Waals surface area contributed by atoms with Crippen LogP contribution in [0.25, 0.3) is 0 Å². The summed E-state index contributed by atoms with van der Waals surface area (Å²) in [5.74, 6) is 0.751. The van der Waals surface area contributed by atoms with E-state index in [2.05, 4.69) is 38.9 Å². The number of aromatic nitrogens is 1. The number of nitrogens with one attached hydrogen (secondary N) is 1. The molecule has 26 heavy (non-hydrogen) atoms. The Morgan fingerprint density at radius 2 is 2.08 bits per heavy atom. The fraction of sp³-hybridized carbons (Fsp3) is 0.750. The molecule has 1 aromatic heterocycles. The molecule has 5 nitrogen and oxygen atoms in total. The van der Waals surface area contributed by atoms with Crippen molar-refractivity contribution in [2.45, 2.75) is 46.0 Å². The Balaban J connectivity index is 0.00000338. The lowest BCUT2D eigenvalue weighted by atomic mass is 10.2. The van der Waals surface area contributed by atoms with E-state index < -0.39 is 11.9 Å². The van der Waals surface area contributed by atoms with E-state index >= 15 is 0 Å². The summed E-state index contributed by atoms with van der Waals surface area (Å²) in [5, 5.41) is 4.66. The van der Waals surface area contributed by atoms with Crippen LogP contribution in [-0.2, 0) is 12.7 Å². The molecular weight excluding hydrogens is 478 g/mol. The molecule has 0 saturated carbocycles. The standard InChI is InChI=1S/C16H26F3N5S.HI/c1-4-20-15(24-8-7-12(10-24)23(5-2)6-3)21-9-14-22-13(11-25-14)16(17,18)19;/h11-12H,4-10H2,1-3H3,(H,20,21);1H. The van der Waals surface area contributed by atoms with Gasteiger partial charge in [-0.2, -0.15) is 13.2 Å². The smallest absolute Gasteiger partial charge is 0.357 e. The second kappa shape index (κ2) is 10.6. The number of guanidine groups is 1. The average Bonchev–Trinajstić information content (AvgIpc) is 3.22. The lowest BCUT2D eigenvalue weighted by Crippen LogP contribution is -2.43. The van der Waals surface area contributed by atoms with Crippen LogP contribution in [-0.4, -0.2) is 59.5 Å². The van der Waals surface area contributed by atoms with Crippen LogP contribution in [0.1, 0.15) is 37.9 Å². The number of likely N-dealkylation sites (N-methyl/N-ethyl adjacent to an activating group) is 1. The number of aliphatic imine (C=N–C) groups is 1. The maximum atomic E-state index is 12.6. The van der Waals surface area contributed by atoms with Crippen molar-refractivity contribution in [2.24, 2.45) is 4.99 Å². The van der Waals surface area contributed by atoms with Gasteiger partial charge in [0.25, 0.3) is 0 Å². The molecule has 2 heterocycles. The molecule has 1 N–H and O–H groups in total. The number of hydrogen-bond donors (Lipinski definition) is 1. The highest BCUT2D eigenvalue weighted by molar-refractivity contribution is 14.0. The van der Waals surface area contributed by atoms with Crippen LogP contribution < -0.4 is 5.32 Å². The number of nitrogens with zero attached hydrogens (tertiary/aromatic N) is 4. The Morgan fingerprint density at radius 3 is 2.62 bits per heavy atom. The molecule has 10 heteroatoms. The van der Waals surface area contributed by atoms with Crippen molar-refractivity contribution < 1.29 is 13.2 Å². The number of hydrogen-bond acceptors (Lipinski definition) is 4. The number of likely N-dealkylation sites (tertiary alicyclic amines) is 1. The minimum absolute atomic E-state index is 0. The topological polar surface area (TPSA) is 43.8 Å². The van der Waals surface area contributed by atoms with Crippen LogP contribution in [0.5, 0.6) is 0 Å². The van der Waals surface area contributed by atoms with E-state index in [1.807, 2.05) is 6.92 Å². The van der Waals surface area contributed by atoms with Gasteiger partial charge in [-0.3, -0.25) is 4.90 Å². The van der Waals surface area contributed by atoms with Gasteiger partial charge >= 0.3 is 6.18 Å². The molecule has 150 valence electrons. The van der Waals surface area contributed by atoms with E-state index in [-0.39, 0.29) is 30.5 Å². The van der Waals surface area contributed by atoms with Crippen LogP contribution in [0.2, 0.25) is 0 Å². The fourth-order valence-corrected chi connectivity index (χ4v) is 3.78. The summed E-state index contributed by atoms with van der Waals surface area (Å²) < 4.78 is 37.9. The van der Waals surface area contributed by atoms with E-state index in [0.717, 1.165) is 61.8 Å². The van der Waals surface area contributed by atoms with Crippen LogP contribution in [0.4, 0.5) is 13.2 Å². The summed E-state index contributed by atoms with van der Waals surface area (Å²) in [7, 11) is 0. The lowest BCUT2D eigenvalue weighted by Gasteiger charge is -2.27. The zero-order valence-corrected chi connectivity index (χ0v) is 18.5. The third-order valence-corrected chi connectivity index (χ3v) is 5.17. The third-order valence-electron chi connectivity index (χ3n) is 4.33. The molecule has 0 bridgehead atoms. The third kappa shape index (κ3) is 6.22. The molecular formula is C16H27F3IN5S. The molecule has 2 rings (SSSR count). The molecule has 1 aliphatic heterocycles. The summed E-state index contributed by atoms with van der Waals surface area (Å²) in [4.78, 5) is 12.8. The first-order valence-corrected chi connectivity index (χ1v) is 9.55. The Morgan fingerprint density at radius 1 is 1.38 bits per heavy atom. The van der Waals surface area contributed by atoms with Gasteiger partial charge in [-0.15, -0.1) is 35.3 Å². The second-order valence-corrected chi connectivity index (χ2v) is 6.85. The highest BCUT2D eigenvalue weighted by atomic mass is 127. The van der Waals surface area contributed by atoms with E-state index in [9.17, 15) is 13.2 Å². The van der Waals surface area contributed by atoms with E-state index in [1.165, 1.54) is 0 Å². The maximum absolute atomic E-state index is 12.6.